The standard InChI is InChI=1S/C29H37N3O5/c1-3-28-14-15-29(37-28)23(22(28)25(34)30-2)27(36)32(16-8-4-5-9-17-33)24(29)26(35)31-21-13-12-19-10-6-7-11-20(19)18-21/h6-7,10-13,18,22-24,33H,3-5,8-9,14-17H2,1-2H3,(H,30,34)(H,31,35)/t22-,23+,24?,28+,29?/m1/s1. The molecular formula is C29H37N3O5. The molecule has 0 aliphatic carbocycles. The molecule has 3 heterocycles. The molecule has 0 aromatic heterocycles. The van der Waals surface area contributed by atoms with Crippen molar-refractivity contribution in [3.05, 3.63) is 42.5 Å². The highest BCUT2D eigenvalue weighted by Crippen LogP contribution is 2.64. The van der Waals surface area contributed by atoms with Gasteiger partial charge in [0.25, 0.3) is 0 Å². The van der Waals surface area contributed by atoms with Crippen LogP contribution in [0.5, 0.6) is 0 Å². The monoisotopic (exact) mass is 507 g/mol. The van der Waals surface area contributed by atoms with Crippen molar-refractivity contribution in [3.8, 4) is 0 Å². The van der Waals surface area contributed by atoms with E-state index in [1.54, 1.807) is 11.9 Å². The fourth-order valence-corrected chi connectivity index (χ4v) is 7.04. The summed E-state index contributed by atoms with van der Waals surface area (Å²) in [5.74, 6) is -1.92. The van der Waals surface area contributed by atoms with Crippen molar-refractivity contribution in [2.45, 2.75) is 69.1 Å². The van der Waals surface area contributed by atoms with Crippen molar-refractivity contribution in [2.24, 2.45) is 11.8 Å². The van der Waals surface area contributed by atoms with E-state index in [0.717, 1.165) is 30.0 Å². The maximum absolute atomic E-state index is 14.0. The van der Waals surface area contributed by atoms with E-state index >= 15 is 0 Å². The van der Waals surface area contributed by atoms with E-state index in [1.807, 2.05) is 49.4 Å². The fourth-order valence-electron chi connectivity index (χ4n) is 7.04. The Morgan fingerprint density at radius 3 is 2.54 bits per heavy atom. The Hall–Kier alpha value is -2.97. The van der Waals surface area contributed by atoms with E-state index in [-0.39, 0.29) is 24.3 Å². The van der Waals surface area contributed by atoms with Crippen LogP contribution in [0.2, 0.25) is 0 Å². The molecule has 198 valence electrons. The van der Waals surface area contributed by atoms with Crippen LogP contribution in [0.1, 0.15) is 51.9 Å². The Morgan fingerprint density at radius 1 is 1.05 bits per heavy atom. The zero-order chi connectivity index (χ0) is 26.2. The number of ether oxygens (including phenoxy) is 1. The predicted octanol–water partition coefficient (Wildman–Crippen LogP) is 3.23. The van der Waals surface area contributed by atoms with Crippen LogP contribution in [-0.4, -0.2) is 65.2 Å². The molecule has 8 nitrogen and oxygen atoms in total. The number of aliphatic hydroxyl groups is 1. The Kier molecular flexibility index (Phi) is 6.98. The third kappa shape index (κ3) is 4.10. The highest BCUT2D eigenvalue weighted by molar-refractivity contribution is 6.04. The lowest BCUT2D eigenvalue weighted by Gasteiger charge is -2.33. The number of nitrogens with one attached hydrogen (secondary N) is 2. The molecule has 3 aliphatic rings. The summed E-state index contributed by atoms with van der Waals surface area (Å²) in [6, 6.07) is 12.9. The van der Waals surface area contributed by atoms with Crippen LogP contribution in [0.25, 0.3) is 10.8 Å². The minimum atomic E-state index is -1.02. The third-order valence-electron chi connectivity index (χ3n) is 8.78. The van der Waals surface area contributed by atoms with Gasteiger partial charge in [-0.05, 0) is 55.0 Å². The zero-order valence-corrected chi connectivity index (χ0v) is 21.7. The number of carbonyl (C=O) groups excluding carboxylic acids is 3. The second kappa shape index (κ2) is 10.1. The number of unbranched alkanes of at least 4 members (excludes halogenated alkanes) is 3. The maximum atomic E-state index is 14.0. The van der Waals surface area contributed by atoms with Gasteiger partial charge in [0.2, 0.25) is 17.7 Å². The van der Waals surface area contributed by atoms with Gasteiger partial charge in [0.1, 0.15) is 11.6 Å². The summed E-state index contributed by atoms with van der Waals surface area (Å²) in [6.45, 7) is 2.55. The van der Waals surface area contributed by atoms with Crippen LogP contribution >= 0.6 is 0 Å². The van der Waals surface area contributed by atoms with Gasteiger partial charge in [-0.1, -0.05) is 50.1 Å². The number of benzene rings is 2. The minimum absolute atomic E-state index is 0.144. The first kappa shape index (κ1) is 25.7. The summed E-state index contributed by atoms with van der Waals surface area (Å²) in [7, 11) is 1.59. The molecule has 0 saturated carbocycles. The maximum Gasteiger partial charge on any atom is 0.250 e. The average molecular weight is 508 g/mol. The second-order valence-corrected chi connectivity index (χ2v) is 10.7. The van der Waals surface area contributed by atoms with Crippen molar-refractivity contribution in [1.82, 2.24) is 10.2 Å². The number of aliphatic hydroxyl groups excluding tert-OH is 1. The van der Waals surface area contributed by atoms with E-state index in [0.29, 0.717) is 37.9 Å². The number of likely N-dealkylation sites (tertiary alicyclic amines) is 1. The highest BCUT2D eigenvalue weighted by Gasteiger charge is 2.78. The highest BCUT2D eigenvalue weighted by atomic mass is 16.5. The summed E-state index contributed by atoms with van der Waals surface area (Å²) in [6.07, 6.45) is 4.97. The molecular weight excluding hydrogens is 470 g/mol. The first-order valence-electron chi connectivity index (χ1n) is 13.5. The Bertz CT molecular complexity index is 1200. The molecule has 8 heteroatoms. The van der Waals surface area contributed by atoms with Crippen molar-refractivity contribution in [2.75, 3.05) is 25.5 Å². The van der Waals surface area contributed by atoms with Crippen molar-refractivity contribution in [3.63, 3.8) is 0 Å². The smallest absolute Gasteiger partial charge is 0.250 e. The summed E-state index contributed by atoms with van der Waals surface area (Å²) >= 11 is 0. The molecule has 2 aromatic rings. The van der Waals surface area contributed by atoms with Gasteiger partial charge >= 0.3 is 0 Å². The molecule has 3 amide bonds. The SMILES string of the molecule is CC[C@@]12CCC3(O1)C(C(=O)Nc1ccc4ccccc4c1)N(CCCCCCO)C(=O)[C@@H]3[C@@H]2C(=O)NC. The Labute approximate surface area is 217 Å². The van der Waals surface area contributed by atoms with Gasteiger partial charge in [0.15, 0.2) is 0 Å². The number of fused-ring (bicyclic) bond motifs is 2. The molecule has 2 unspecified atom stereocenters. The van der Waals surface area contributed by atoms with Gasteiger partial charge in [-0.15, -0.1) is 0 Å². The second-order valence-electron chi connectivity index (χ2n) is 10.7. The van der Waals surface area contributed by atoms with Crippen molar-refractivity contribution in [1.29, 1.82) is 0 Å². The Balaban J connectivity index is 1.47. The number of nitrogens with zero attached hydrogens (tertiary/aromatic N) is 1. The van der Waals surface area contributed by atoms with Gasteiger partial charge in [-0.2, -0.15) is 0 Å². The van der Waals surface area contributed by atoms with E-state index < -0.39 is 29.1 Å². The molecule has 2 bridgehead atoms. The van der Waals surface area contributed by atoms with E-state index in [2.05, 4.69) is 10.6 Å². The molecule has 5 rings (SSSR count). The minimum Gasteiger partial charge on any atom is -0.396 e. The number of hydrogen-bond donors (Lipinski definition) is 3. The quantitative estimate of drug-likeness (QED) is 0.428. The van der Waals surface area contributed by atoms with Gasteiger partial charge in [-0.3, -0.25) is 14.4 Å². The lowest BCUT2D eigenvalue weighted by Crippen LogP contribution is -2.53. The normalized spacial score (nSPS) is 30.1. The molecule has 3 saturated heterocycles. The first-order chi connectivity index (χ1) is 17.9. The third-order valence-corrected chi connectivity index (χ3v) is 8.78. The summed E-state index contributed by atoms with van der Waals surface area (Å²) in [5, 5.41) is 17.0. The Morgan fingerprint density at radius 2 is 1.81 bits per heavy atom. The van der Waals surface area contributed by atoms with E-state index in [1.165, 1.54) is 0 Å². The number of anilines is 1. The summed E-state index contributed by atoms with van der Waals surface area (Å²) in [5.41, 5.74) is -1.08. The van der Waals surface area contributed by atoms with Gasteiger partial charge in [0.05, 0.1) is 17.4 Å². The van der Waals surface area contributed by atoms with Crippen LogP contribution < -0.4 is 10.6 Å². The molecule has 3 N–H and O–H groups in total. The number of amides is 3. The summed E-state index contributed by atoms with van der Waals surface area (Å²) in [4.78, 5) is 42.7. The largest absolute Gasteiger partial charge is 0.396 e. The van der Waals surface area contributed by atoms with E-state index in [9.17, 15) is 14.4 Å². The summed E-state index contributed by atoms with van der Waals surface area (Å²) < 4.78 is 6.73. The van der Waals surface area contributed by atoms with Gasteiger partial charge < -0.3 is 25.4 Å². The van der Waals surface area contributed by atoms with Crippen molar-refractivity contribution < 1.29 is 24.2 Å². The lowest BCUT2D eigenvalue weighted by molar-refractivity contribution is -0.145. The van der Waals surface area contributed by atoms with Crippen LogP contribution in [0.4, 0.5) is 5.69 Å². The topological polar surface area (TPSA) is 108 Å². The number of rotatable bonds is 10. The molecule has 5 atom stereocenters. The average Bonchev–Trinajstić information content (AvgIpc) is 3.51. The number of carbonyl (C=O) groups is 3. The van der Waals surface area contributed by atoms with Gasteiger partial charge in [-0.25, -0.2) is 0 Å². The van der Waals surface area contributed by atoms with Crippen LogP contribution in [0.15, 0.2) is 42.5 Å². The fraction of sp³-hybridized carbons (Fsp3) is 0.552. The van der Waals surface area contributed by atoms with Crippen LogP contribution in [-0.2, 0) is 19.1 Å². The van der Waals surface area contributed by atoms with E-state index in [4.69, 9.17) is 9.84 Å². The molecule has 3 aliphatic heterocycles. The molecule has 2 aromatic carbocycles. The zero-order valence-electron chi connectivity index (χ0n) is 21.7. The molecule has 3 fully saturated rings. The van der Waals surface area contributed by atoms with Crippen LogP contribution in [0, 0.1) is 11.8 Å². The predicted molar refractivity (Wildman–Crippen MR) is 141 cm³/mol. The lowest BCUT2D eigenvalue weighted by atomic mass is 9.65. The van der Waals surface area contributed by atoms with Crippen molar-refractivity contribution >= 4 is 34.2 Å². The molecule has 37 heavy (non-hydrogen) atoms. The van der Waals surface area contributed by atoms with Crippen LogP contribution in [0.3, 0.4) is 0 Å². The first-order valence-corrected chi connectivity index (χ1v) is 13.5. The number of hydrogen-bond acceptors (Lipinski definition) is 5. The molecule has 0 radical (unpaired) electrons. The van der Waals surface area contributed by atoms with Gasteiger partial charge in [0, 0.05) is 25.9 Å². The molecule has 1 spiro atoms.